The van der Waals surface area contributed by atoms with E-state index in [-0.39, 0.29) is 47.1 Å². The summed E-state index contributed by atoms with van der Waals surface area (Å²) in [4.78, 5) is 31.7. The predicted octanol–water partition coefficient (Wildman–Crippen LogP) is 4.66. The third-order valence-electron chi connectivity index (χ3n) is 7.06. The second-order valence-corrected chi connectivity index (χ2v) is 8.74. The lowest BCUT2D eigenvalue weighted by Crippen LogP contribution is -2.33. The summed E-state index contributed by atoms with van der Waals surface area (Å²) >= 11 is 0. The number of nitrogens with one attached hydrogen (secondary N) is 1. The number of aromatic nitrogens is 2. The molecule has 2 aliphatic carbocycles. The highest BCUT2D eigenvalue weighted by Crippen LogP contribution is 2.48. The molecule has 2 fully saturated rings. The highest BCUT2D eigenvalue weighted by molar-refractivity contribution is 6.03. The van der Waals surface area contributed by atoms with Crippen molar-refractivity contribution in [3.05, 3.63) is 39.9 Å². The Morgan fingerprint density at radius 1 is 1.10 bits per heavy atom. The Kier molecular flexibility index (Phi) is 5.59. The molecule has 3 N–H and O–H groups in total. The Balaban J connectivity index is 1.63. The Morgan fingerprint density at radius 3 is 2.47 bits per heavy atom. The van der Waals surface area contributed by atoms with E-state index >= 15 is 0 Å². The topological polar surface area (TPSA) is 88.8 Å². The molecule has 4 rings (SSSR count). The molecule has 0 bridgehead atoms. The molecule has 8 heteroatoms. The standard InChI is InChI=1S/C22H26F3N3O2/c23-22(24,25)13-7-5-12(6-8-13)14-3-1-2-4-15(14)17-11-18(29)19-16(28-17)9-10-27-20(19)21(26)30/h9-15H,1-8H2,(H2,26,30)(H,28,29)/t12?,13?,14-,15+/m1/s1. The highest BCUT2D eigenvalue weighted by Gasteiger charge is 2.44. The molecule has 2 aliphatic rings. The number of nitrogens with two attached hydrogens (primary N) is 1. The van der Waals surface area contributed by atoms with Crippen LogP contribution >= 0.6 is 0 Å². The minimum absolute atomic E-state index is 0.0500. The number of halogens is 3. The average Bonchev–Trinajstić information content (AvgIpc) is 2.72. The molecule has 1 amide bonds. The molecule has 2 atom stereocenters. The van der Waals surface area contributed by atoms with Gasteiger partial charge in [0.2, 0.25) is 0 Å². The number of carbonyl (C=O) groups excluding carboxylic acids is 1. The van der Waals surface area contributed by atoms with E-state index in [1.165, 1.54) is 12.3 Å². The summed E-state index contributed by atoms with van der Waals surface area (Å²) in [5, 5.41) is 0.187. The molecule has 0 radical (unpaired) electrons. The van der Waals surface area contributed by atoms with Crippen LogP contribution in [-0.4, -0.2) is 22.1 Å². The van der Waals surface area contributed by atoms with Crippen molar-refractivity contribution in [1.82, 2.24) is 9.97 Å². The monoisotopic (exact) mass is 421 g/mol. The Bertz CT molecular complexity index is 993. The molecular formula is C22H26F3N3O2. The van der Waals surface area contributed by atoms with Crippen LogP contribution in [0.3, 0.4) is 0 Å². The summed E-state index contributed by atoms with van der Waals surface area (Å²) in [6, 6.07) is 3.18. The van der Waals surface area contributed by atoms with Crippen LogP contribution in [0, 0.1) is 17.8 Å². The first-order chi connectivity index (χ1) is 14.3. The highest BCUT2D eigenvalue weighted by atomic mass is 19.4. The molecule has 2 aromatic heterocycles. The molecule has 2 heterocycles. The average molecular weight is 421 g/mol. The van der Waals surface area contributed by atoms with Crippen molar-refractivity contribution in [2.24, 2.45) is 23.5 Å². The molecule has 0 aromatic carbocycles. The Labute approximate surface area is 172 Å². The Hall–Kier alpha value is -2.38. The summed E-state index contributed by atoms with van der Waals surface area (Å²) in [5.41, 5.74) is 6.33. The van der Waals surface area contributed by atoms with Crippen molar-refractivity contribution in [1.29, 1.82) is 0 Å². The zero-order valence-corrected chi connectivity index (χ0v) is 16.7. The summed E-state index contributed by atoms with van der Waals surface area (Å²) in [7, 11) is 0. The van der Waals surface area contributed by atoms with E-state index in [4.69, 9.17) is 5.73 Å². The molecule has 0 unspecified atom stereocenters. The van der Waals surface area contributed by atoms with Crippen molar-refractivity contribution < 1.29 is 18.0 Å². The van der Waals surface area contributed by atoms with Crippen molar-refractivity contribution >= 4 is 16.8 Å². The zero-order valence-electron chi connectivity index (χ0n) is 16.7. The first-order valence-electron chi connectivity index (χ1n) is 10.6. The third-order valence-corrected chi connectivity index (χ3v) is 7.06. The van der Waals surface area contributed by atoms with E-state index in [9.17, 15) is 22.8 Å². The summed E-state index contributed by atoms with van der Waals surface area (Å²) in [5.74, 6) is -1.33. The van der Waals surface area contributed by atoms with E-state index in [1.54, 1.807) is 6.07 Å². The van der Waals surface area contributed by atoms with Crippen molar-refractivity contribution in [3.63, 3.8) is 0 Å². The molecule has 2 aromatic rings. The maximum Gasteiger partial charge on any atom is 0.391 e. The van der Waals surface area contributed by atoms with Crippen LogP contribution in [0.1, 0.15) is 73.5 Å². The van der Waals surface area contributed by atoms with Gasteiger partial charge in [0.25, 0.3) is 5.91 Å². The van der Waals surface area contributed by atoms with Gasteiger partial charge >= 0.3 is 6.18 Å². The second kappa shape index (κ2) is 8.04. The normalized spacial score (nSPS) is 27.8. The first-order valence-corrected chi connectivity index (χ1v) is 10.6. The van der Waals surface area contributed by atoms with Crippen LogP contribution in [0.2, 0.25) is 0 Å². The quantitative estimate of drug-likeness (QED) is 0.755. The lowest BCUT2D eigenvalue weighted by molar-refractivity contribution is -0.185. The lowest BCUT2D eigenvalue weighted by atomic mass is 9.65. The van der Waals surface area contributed by atoms with Gasteiger partial charge in [-0.2, -0.15) is 13.2 Å². The molecule has 30 heavy (non-hydrogen) atoms. The fourth-order valence-corrected chi connectivity index (χ4v) is 5.59. The maximum absolute atomic E-state index is 13.1. The van der Waals surface area contributed by atoms with E-state index in [0.29, 0.717) is 18.4 Å². The van der Waals surface area contributed by atoms with Gasteiger partial charge < -0.3 is 10.7 Å². The van der Waals surface area contributed by atoms with Crippen molar-refractivity contribution in [2.75, 3.05) is 0 Å². The van der Waals surface area contributed by atoms with E-state index in [2.05, 4.69) is 9.97 Å². The van der Waals surface area contributed by atoms with Gasteiger partial charge in [0.05, 0.1) is 16.8 Å². The number of alkyl halides is 3. The smallest absolute Gasteiger partial charge is 0.364 e. The number of H-pyrrole nitrogens is 1. The van der Waals surface area contributed by atoms with Gasteiger partial charge in [0.15, 0.2) is 5.43 Å². The van der Waals surface area contributed by atoms with Crippen LogP contribution in [0.15, 0.2) is 23.1 Å². The number of hydrogen-bond donors (Lipinski definition) is 2. The number of rotatable bonds is 3. The van der Waals surface area contributed by atoms with Crippen LogP contribution in [0.5, 0.6) is 0 Å². The zero-order chi connectivity index (χ0) is 21.5. The molecule has 0 aliphatic heterocycles. The number of primary amides is 1. The maximum atomic E-state index is 13.1. The molecule has 0 spiro atoms. The van der Waals surface area contributed by atoms with Crippen LogP contribution in [0.4, 0.5) is 13.2 Å². The largest absolute Gasteiger partial charge is 0.391 e. The molecule has 5 nitrogen and oxygen atoms in total. The van der Waals surface area contributed by atoms with Gasteiger partial charge in [0, 0.05) is 23.9 Å². The van der Waals surface area contributed by atoms with Gasteiger partial charge in [-0.15, -0.1) is 0 Å². The van der Waals surface area contributed by atoms with Gasteiger partial charge in [0.1, 0.15) is 5.69 Å². The fourth-order valence-electron chi connectivity index (χ4n) is 5.59. The summed E-state index contributed by atoms with van der Waals surface area (Å²) in [6.07, 6.45) is 2.85. The number of amides is 1. The number of nitrogens with zero attached hydrogens (tertiary/aromatic N) is 1. The van der Waals surface area contributed by atoms with Gasteiger partial charge in [-0.3, -0.25) is 14.6 Å². The molecule has 2 saturated carbocycles. The predicted molar refractivity (Wildman–Crippen MR) is 107 cm³/mol. The molecular weight excluding hydrogens is 395 g/mol. The molecule has 0 saturated heterocycles. The van der Waals surface area contributed by atoms with Gasteiger partial charge in [-0.1, -0.05) is 12.8 Å². The molecule has 162 valence electrons. The number of pyridine rings is 2. The minimum Gasteiger partial charge on any atom is -0.364 e. The lowest BCUT2D eigenvalue weighted by Gasteiger charge is -2.41. The second-order valence-electron chi connectivity index (χ2n) is 8.74. The summed E-state index contributed by atoms with van der Waals surface area (Å²) < 4.78 is 39.2. The fraction of sp³-hybridized carbons (Fsp3) is 0.591. The number of fused-ring (bicyclic) bond motifs is 1. The van der Waals surface area contributed by atoms with Gasteiger partial charge in [-0.05, 0) is 56.4 Å². The van der Waals surface area contributed by atoms with E-state index < -0.39 is 18.0 Å². The third kappa shape index (κ3) is 3.96. The van der Waals surface area contributed by atoms with Crippen molar-refractivity contribution in [2.45, 2.75) is 63.5 Å². The number of carbonyl (C=O) groups is 1. The number of hydrogen-bond acceptors (Lipinski definition) is 3. The van der Waals surface area contributed by atoms with Crippen LogP contribution < -0.4 is 11.2 Å². The minimum atomic E-state index is -4.10. The first kappa shape index (κ1) is 20.9. The van der Waals surface area contributed by atoms with Crippen LogP contribution in [-0.2, 0) is 0 Å². The SMILES string of the molecule is NC(=O)c1nccc2[nH]c([C@H]3CCCC[C@@H]3C3CCC(C(F)(F)F)CC3)cc(=O)c12. The summed E-state index contributed by atoms with van der Waals surface area (Å²) in [6.45, 7) is 0. The van der Waals surface area contributed by atoms with Crippen molar-refractivity contribution in [3.8, 4) is 0 Å². The van der Waals surface area contributed by atoms with E-state index in [1.807, 2.05) is 0 Å². The Morgan fingerprint density at radius 2 is 1.80 bits per heavy atom. The number of aromatic amines is 1. The van der Waals surface area contributed by atoms with Gasteiger partial charge in [-0.25, -0.2) is 0 Å². The van der Waals surface area contributed by atoms with Crippen LogP contribution in [0.25, 0.3) is 10.9 Å². The van der Waals surface area contributed by atoms with E-state index in [0.717, 1.165) is 31.4 Å².